The molecule has 34 heavy (non-hydrogen) atoms. The van der Waals surface area contributed by atoms with E-state index in [1.807, 2.05) is 28.0 Å². The number of rotatable bonds is 5. The van der Waals surface area contributed by atoms with E-state index in [0.29, 0.717) is 52.2 Å². The Morgan fingerprint density at radius 1 is 1.00 bits per heavy atom. The lowest BCUT2D eigenvalue weighted by Crippen LogP contribution is -2.49. The van der Waals surface area contributed by atoms with Crippen molar-refractivity contribution < 1.29 is 18.7 Å². The predicted molar refractivity (Wildman–Crippen MR) is 129 cm³/mol. The summed E-state index contributed by atoms with van der Waals surface area (Å²) < 4.78 is 18.8. The van der Waals surface area contributed by atoms with Crippen molar-refractivity contribution in [3.05, 3.63) is 59.9 Å². The zero-order valence-electron chi connectivity index (χ0n) is 19.3. The molecule has 2 saturated heterocycles. The summed E-state index contributed by atoms with van der Waals surface area (Å²) in [5.74, 6) is -0.174. The van der Waals surface area contributed by atoms with Crippen molar-refractivity contribution in [2.75, 3.05) is 39.4 Å². The number of carbonyl (C=O) groups is 2. The van der Waals surface area contributed by atoms with Gasteiger partial charge in [-0.1, -0.05) is 18.2 Å². The van der Waals surface area contributed by atoms with E-state index in [1.165, 1.54) is 12.1 Å². The zero-order chi connectivity index (χ0) is 23.5. The van der Waals surface area contributed by atoms with E-state index in [9.17, 15) is 14.0 Å². The molecule has 0 aliphatic carbocycles. The van der Waals surface area contributed by atoms with Gasteiger partial charge in [-0.3, -0.25) is 9.59 Å². The molecule has 3 aromatic rings. The van der Waals surface area contributed by atoms with Crippen molar-refractivity contribution >= 4 is 22.7 Å². The molecule has 1 N–H and O–H groups in total. The molecule has 1 aromatic heterocycles. The third-order valence-electron chi connectivity index (χ3n) is 6.98. The third kappa shape index (κ3) is 4.71. The Morgan fingerprint density at radius 3 is 2.56 bits per heavy atom. The second-order valence-electron chi connectivity index (χ2n) is 9.15. The summed E-state index contributed by atoms with van der Waals surface area (Å²) >= 11 is 0. The highest BCUT2D eigenvalue weighted by molar-refractivity contribution is 5.91. The number of aromatic nitrogens is 1. The van der Waals surface area contributed by atoms with Gasteiger partial charge in [0, 0.05) is 49.2 Å². The number of H-pyrrole nitrogens is 1. The first-order chi connectivity index (χ1) is 16.6. The maximum atomic E-state index is 13.5. The van der Waals surface area contributed by atoms with Crippen molar-refractivity contribution in [2.45, 2.75) is 25.7 Å². The molecule has 3 heterocycles. The lowest BCUT2D eigenvalue weighted by Gasteiger charge is -2.36. The Balaban J connectivity index is 1.29. The van der Waals surface area contributed by atoms with Gasteiger partial charge in [0.2, 0.25) is 11.8 Å². The number of ether oxygens (including phenoxy) is 1. The Bertz CT molecular complexity index is 1170. The van der Waals surface area contributed by atoms with Gasteiger partial charge in [0.25, 0.3) is 0 Å². The average molecular weight is 464 g/mol. The molecule has 0 spiro atoms. The lowest BCUT2D eigenvalue weighted by molar-refractivity contribution is -0.144. The number of carbonyl (C=O) groups excluding carboxylic acids is 2. The van der Waals surface area contributed by atoms with Crippen molar-refractivity contribution in [1.29, 1.82) is 0 Å². The number of aromatic amines is 1. The molecule has 5 rings (SSSR count). The number of morpholine rings is 1. The van der Waals surface area contributed by atoms with E-state index >= 15 is 0 Å². The number of likely N-dealkylation sites (tertiary alicyclic amines) is 1. The highest BCUT2D eigenvalue weighted by Crippen LogP contribution is 2.32. The second kappa shape index (κ2) is 9.97. The van der Waals surface area contributed by atoms with Gasteiger partial charge in [0.1, 0.15) is 5.82 Å². The molecule has 178 valence electrons. The van der Waals surface area contributed by atoms with Crippen molar-refractivity contribution in [1.82, 2.24) is 14.8 Å². The monoisotopic (exact) mass is 463 g/mol. The quantitative estimate of drug-likeness (QED) is 0.622. The van der Waals surface area contributed by atoms with Gasteiger partial charge in [-0.05, 0) is 60.7 Å². The largest absolute Gasteiger partial charge is 0.378 e. The highest BCUT2D eigenvalue weighted by Gasteiger charge is 2.31. The molecular weight excluding hydrogens is 433 g/mol. The van der Waals surface area contributed by atoms with Crippen molar-refractivity contribution in [2.24, 2.45) is 5.92 Å². The number of nitrogens with zero attached hydrogens (tertiary/aromatic N) is 2. The maximum Gasteiger partial charge on any atom is 0.227 e. The molecule has 1 unspecified atom stereocenters. The molecule has 2 aliphatic heterocycles. The van der Waals surface area contributed by atoms with Crippen LogP contribution in [0.5, 0.6) is 0 Å². The van der Waals surface area contributed by atoms with Gasteiger partial charge in [-0.25, -0.2) is 4.39 Å². The highest BCUT2D eigenvalue weighted by atomic mass is 19.1. The molecule has 2 aromatic carbocycles. The number of amides is 2. The summed E-state index contributed by atoms with van der Waals surface area (Å²) in [6.07, 6.45) is 2.63. The van der Waals surface area contributed by atoms with Gasteiger partial charge >= 0.3 is 0 Å². The Morgan fingerprint density at radius 2 is 1.76 bits per heavy atom. The van der Waals surface area contributed by atoms with E-state index in [1.54, 1.807) is 12.1 Å². The molecular formula is C27H30FN3O3. The fraction of sp³-hybridized carbons (Fsp3) is 0.407. The number of fused-ring (bicyclic) bond motifs is 1. The summed E-state index contributed by atoms with van der Waals surface area (Å²) in [5.41, 5.74) is 3.88. The van der Waals surface area contributed by atoms with E-state index < -0.39 is 0 Å². The lowest BCUT2D eigenvalue weighted by atomic mass is 9.95. The molecule has 2 aliphatic rings. The molecule has 2 amide bonds. The Hall–Kier alpha value is -3.19. The number of nitrogens with one attached hydrogen (secondary N) is 1. The van der Waals surface area contributed by atoms with Crippen LogP contribution in [0.4, 0.5) is 4.39 Å². The van der Waals surface area contributed by atoms with E-state index in [0.717, 1.165) is 40.6 Å². The minimum absolute atomic E-state index is 0.0785. The molecule has 0 saturated carbocycles. The first-order valence-corrected chi connectivity index (χ1v) is 12.1. The van der Waals surface area contributed by atoms with Gasteiger partial charge in [-0.15, -0.1) is 0 Å². The van der Waals surface area contributed by atoms with E-state index in [4.69, 9.17) is 4.74 Å². The Kier molecular flexibility index (Phi) is 6.63. The van der Waals surface area contributed by atoms with Crippen LogP contribution < -0.4 is 0 Å². The number of piperidine rings is 1. The number of halogens is 1. The normalized spacial score (nSPS) is 18.9. The van der Waals surface area contributed by atoms with Gasteiger partial charge in [0.15, 0.2) is 0 Å². The summed E-state index contributed by atoms with van der Waals surface area (Å²) in [6.45, 7) is 3.63. The summed E-state index contributed by atoms with van der Waals surface area (Å²) in [7, 11) is 0. The van der Waals surface area contributed by atoms with Gasteiger partial charge < -0.3 is 19.5 Å². The Labute approximate surface area is 198 Å². The van der Waals surface area contributed by atoms with Crippen LogP contribution in [0.25, 0.3) is 22.2 Å². The van der Waals surface area contributed by atoms with E-state index in [-0.39, 0.29) is 23.5 Å². The van der Waals surface area contributed by atoms with Crippen LogP contribution in [0, 0.1) is 11.7 Å². The second-order valence-corrected chi connectivity index (χ2v) is 9.15. The molecule has 0 radical (unpaired) electrons. The molecule has 7 heteroatoms. The fourth-order valence-corrected chi connectivity index (χ4v) is 5.16. The smallest absolute Gasteiger partial charge is 0.227 e. The van der Waals surface area contributed by atoms with Crippen LogP contribution >= 0.6 is 0 Å². The number of benzene rings is 2. The van der Waals surface area contributed by atoms with Crippen molar-refractivity contribution in [3.63, 3.8) is 0 Å². The van der Waals surface area contributed by atoms with Crippen LogP contribution in [0.2, 0.25) is 0 Å². The molecule has 2 fully saturated rings. The molecule has 0 bridgehead atoms. The van der Waals surface area contributed by atoms with Crippen LogP contribution in [0.1, 0.15) is 24.8 Å². The number of hydrogen-bond donors (Lipinski definition) is 1. The molecule has 1 atom stereocenters. The zero-order valence-corrected chi connectivity index (χ0v) is 19.3. The van der Waals surface area contributed by atoms with Crippen molar-refractivity contribution in [3.8, 4) is 11.3 Å². The standard InChI is InChI=1S/C27H30FN3O3/c28-21-9-7-19(8-10-21)26-23(22-5-1-2-6-24(22)29-26)11-12-25(32)31-13-3-4-20(18-31)27(33)30-14-16-34-17-15-30/h1-2,5-10,20,29H,3-4,11-18H2. The minimum atomic E-state index is -0.275. The predicted octanol–water partition coefficient (Wildman–Crippen LogP) is 4.00. The first kappa shape index (κ1) is 22.6. The summed E-state index contributed by atoms with van der Waals surface area (Å²) in [4.78, 5) is 33.3. The maximum absolute atomic E-state index is 13.5. The number of aryl methyl sites for hydroxylation is 1. The summed E-state index contributed by atoms with van der Waals surface area (Å²) in [6, 6.07) is 14.5. The van der Waals surface area contributed by atoms with E-state index in [2.05, 4.69) is 11.1 Å². The average Bonchev–Trinajstić information content (AvgIpc) is 3.26. The van der Waals surface area contributed by atoms with Crippen LogP contribution in [0.15, 0.2) is 48.5 Å². The first-order valence-electron chi connectivity index (χ1n) is 12.1. The van der Waals surface area contributed by atoms with Crippen LogP contribution in [0.3, 0.4) is 0 Å². The minimum Gasteiger partial charge on any atom is -0.378 e. The molecule has 6 nitrogen and oxygen atoms in total. The van der Waals surface area contributed by atoms with Crippen LogP contribution in [-0.4, -0.2) is 66.0 Å². The fourth-order valence-electron chi connectivity index (χ4n) is 5.16. The SMILES string of the molecule is O=C(CCc1c(-c2ccc(F)cc2)[nH]c2ccccc12)N1CCCC(C(=O)N2CCOCC2)C1. The third-order valence-corrected chi connectivity index (χ3v) is 6.98. The van der Waals surface area contributed by atoms with Gasteiger partial charge in [0.05, 0.1) is 19.1 Å². The topological polar surface area (TPSA) is 65.6 Å². The van der Waals surface area contributed by atoms with Crippen LogP contribution in [-0.2, 0) is 20.7 Å². The number of hydrogen-bond acceptors (Lipinski definition) is 3. The van der Waals surface area contributed by atoms with Gasteiger partial charge in [-0.2, -0.15) is 0 Å². The number of para-hydroxylation sites is 1. The summed E-state index contributed by atoms with van der Waals surface area (Å²) in [5, 5.41) is 1.08.